The van der Waals surface area contributed by atoms with Crippen molar-refractivity contribution >= 4 is 11.5 Å². The smallest absolute Gasteiger partial charge is 0.337 e. The minimum atomic E-state index is -0.891. The van der Waals surface area contributed by atoms with Gasteiger partial charge in [-0.05, 0) is 32.4 Å². The van der Waals surface area contributed by atoms with Crippen LogP contribution >= 0.6 is 0 Å². The van der Waals surface area contributed by atoms with Gasteiger partial charge in [-0.2, -0.15) is 0 Å². The Kier molecular flexibility index (Phi) is 2.00. The maximum atomic E-state index is 11.1. The number of rotatable bonds is 1. The van der Waals surface area contributed by atoms with Crippen molar-refractivity contribution < 1.29 is 9.90 Å². The van der Waals surface area contributed by atoms with Crippen molar-refractivity contribution in [3.63, 3.8) is 0 Å². The van der Waals surface area contributed by atoms with Crippen molar-refractivity contribution in [2.75, 3.05) is 0 Å². The Morgan fingerprint density at radius 2 is 2.07 bits per heavy atom. The number of nitrogens with zero attached hydrogens (tertiary/aromatic N) is 2. The van der Waals surface area contributed by atoms with E-state index in [1.54, 1.807) is 13.3 Å². The summed E-state index contributed by atoms with van der Waals surface area (Å²) in [6, 6.07) is 1.86. The number of fused-ring (bicyclic) bond motifs is 1. The molecule has 2 aromatic heterocycles. The summed E-state index contributed by atoms with van der Waals surface area (Å²) >= 11 is 0. The Morgan fingerprint density at radius 3 is 2.67 bits per heavy atom. The van der Waals surface area contributed by atoms with E-state index in [1.165, 1.54) is 0 Å². The van der Waals surface area contributed by atoms with Gasteiger partial charge in [0.15, 0.2) is 0 Å². The van der Waals surface area contributed by atoms with Gasteiger partial charge in [0.2, 0.25) is 0 Å². The fourth-order valence-electron chi connectivity index (χ4n) is 1.89. The van der Waals surface area contributed by atoms with Crippen molar-refractivity contribution in [1.29, 1.82) is 0 Å². The maximum absolute atomic E-state index is 11.1. The van der Waals surface area contributed by atoms with E-state index >= 15 is 0 Å². The minimum absolute atomic E-state index is 0.361. The summed E-state index contributed by atoms with van der Waals surface area (Å²) in [5.74, 6) is -0.891. The van der Waals surface area contributed by atoms with E-state index < -0.39 is 5.97 Å². The second-order valence-electron chi connectivity index (χ2n) is 3.68. The largest absolute Gasteiger partial charge is 0.478 e. The number of aromatic carboxylic acids is 1. The number of aromatic nitrogens is 2. The van der Waals surface area contributed by atoms with Gasteiger partial charge < -0.3 is 9.51 Å². The van der Waals surface area contributed by atoms with Crippen LogP contribution in [0.1, 0.15) is 27.3 Å². The number of pyridine rings is 1. The van der Waals surface area contributed by atoms with Gasteiger partial charge in [0.25, 0.3) is 0 Å². The van der Waals surface area contributed by atoms with Crippen LogP contribution in [0.15, 0.2) is 12.4 Å². The third-order valence-electron chi connectivity index (χ3n) is 2.68. The molecule has 0 aliphatic rings. The number of carboxylic acid groups (broad SMARTS) is 1. The summed E-state index contributed by atoms with van der Waals surface area (Å²) < 4.78 is 1.81. The fraction of sp³-hybridized carbons (Fsp3) is 0.273. The molecule has 4 nitrogen and oxygen atoms in total. The Balaban J connectivity index is 2.91. The number of carboxylic acids is 1. The quantitative estimate of drug-likeness (QED) is 0.772. The van der Waals surface area contributed by atoms with Crippen LogP contribution < -0.4 is 0 Å². The zero-order valence-electron chi connectivity index (χ0n) is 8.90. The monoisotopic (exact) mass is 204 g/mol. The van der Waals surface area contributed by atoms with Crippen molar-refractivity contribution in [1.82, 2.24) is 9.38 Å². The van der Waals surface area contributed by atoms with Gasteiger partial charge >= 0.3 is 5.97 Å². The fourth-order valence-corrected chi connectivity index (χ4v) is 1.89. The lowest BCUT2D eigenvalue weighted by Gasteiger charge is -2.08. The summed E-state index contributed by atoms with van der Waals surface area (Å²) in [5.41, 5.74) is 3.74. The molecule has 0 aliphatic heterocycles. The Hall–Kier alpha value is -1.84. The number of carbonyl (C=O) groups is 1. The molecule has 0 atom stereocenters. The molecule has 78 valence electrons. The standard InChI is InChI=1S/C11H12N2O2/c1-6-4-9-7(2)12-5-13(9)8(3)10(6)11(14)15/h4-5H,1-3H3,(H,14,15). The summed E-state index contributed by atoms with van der Waals surface area (Å²) in [5, 5.41) is 9.08. The first-order chi connectivity index (χ1) is 7.02. The molecule has 0 bridgehead atoms. The molecule has 0 unspecified atom stereocenters. The molecule has 4 heteroatoms. The molecular formula is C11H12N2O2. The van der Waals surface area contributed by atoms with E-state index in [1.807, 2.05) is 24.3 Å². The van der Waals surface area contributed by atoms with Crippen molar-refractivity contribution in [2.45, 2.75) is 20.8 Å². The first-order valence-corrected chi connectivity index (χ1v) is 4.69. The molecule has 1 N–H and O–H groups in total. The van der Waals surface area contributed by atoms with E-state index in [0.29, 0.717) is 5.56 Å². The van der Waals surface area contributed by atoms with E-state index in [2.05, 4.69) is 4.98 Å². The van der Waals surface area contributed by atoms with E-state index in [4.69, 9.17) is 5.11 Å². The molecule has 0 aromatic carbocycles. The molecule has 2 heterocycles. The van der Waals surface area contributed by atoms with Crippen LogP contribution in [0.25, 0.3) is 5.52 Å². The topological polar surface area (TPSA) is 54.6 Å². The van der Waals surface area contributed by atoms with Crippen molar-refractivity contribution in [3.8, 4) is 0 Å². The first kappa shape index (κ1) is 9.71. The summed E-state index contributed by atoms with van der Waals surface area (Å²) in [4.78, 5) is 15.2. The van der Waals surface area contributed by atoms with E-state index in [0.717, 1.165) is 22.5 Å². The predicted octanol–water partition coefficient (Wildman–Crippen LogP) is 1.96. The average molecular weight is 204 g/mol. The second-order valence-corrected chi connectivity index (χ2v) is 3.68. The van der Waals surface area contributed by atoms with Crippen LogP contribution in [0.2, 0.25) is 0 Å². The SMILES string of the molecule is Cc1cc2c(C)ncn2c(C)c1C(=O)O. The highest BCUT2D eigenvalue weighted by atomic mass is 16.4. The first-order valence-electron chi connectivity index (χ1n) is 4.69. The second kappa shape index (κ2) is 3.08. The molecule has 2 aromatic rings. The van der Waals surface area contributed by atoms with Crippen LogP contribution in [0, 0.1) is 20.8 Å². The van der Waals surface area contributed by atoms with Crippen LogP contribution in [0.3, 0.4) is 0 Å². The lowest BCUT2D eigenvalue weighted by Crippen LogP contribution is -2.07. The third-order valence-corrected chi connectivity index (χ3v) is 2.68. The van der Waals surface area contributed by atoms with Gasteiger partial charge in [0.1, 0.15) is 0 Å². The van der Waals surface area contributed by atoms with E-state index in [-0.39, 0.29) is 0 Å². The summed E-state index contributed by atoms with van der Waals surface area (Å²) in [7, 11) is 0. The average Bonchev–Trinajstić information content (AvgIpc) is 2.47. The van der Waals surface area contributed by atoms with Crippen molar-refractivity contribution in [3.05, 3.63) is 34.9 Å². The van der Waals surface area contributed by atoms with Gasteiger partial charge in [-0.3, -0.25) is 0 Å². The Bertz CT molecular complexity index is 555. The predicted molar refractivity (Wildman–Crippen MR) is 56.4 cm³/mol. The number of aryl methyl sites for hydroxylation is 3. The van der Waals surface area contributed by atoms with Gasteiger partial charge in [-0.25, -0.2) is 9.78 Å². The molecular weight excluding hydrogens is 192 g/mol. The lowest BCUT2D eigenvalue weighted by atomic mass is 10.1. The van der Waals surface area contributed by atoms with Crippen LogP contribution in [-0.4, -0.2) is 20.5 Å². The van der Waals surface area contributed by atoms with Gasteiger partial charge in [0, 0.05) is 5.69 Å². The summed E-state index contributed by atoms with van der Waals surface area (Å²) in [6.07, 6.45) is 1.66. The Morgan fingerprint density at radius 1 is 1.40 bits per heavy atom. The molecule has 0 aliphatic carbocycles. The van der Waals surface area contributed by atoms with Crippen molar-refractivity contribution in [2.24, 2.45) is 0 Å². The number of imidazole rings is 1. The molecule has 15 heavy (non-hydrogen) atoms. The maximum Gasteiger partial charge on any atom is 0.337 e. The molecule has 0 saturated heterocycles. The third kappa shape index (κ3) is 1.29. The van der Waals surface area contributed by atoms with E-state index in [9.17, 15) is 4.79 Å². The highest BCUT2D eigenvalue weighted by molar-refractivity contribution is 5.91. The number of hydrogen-bond donors (Lipinski definition) is 1. The number of hydrogen-bond acceptors (Lipinski definition) is 2. The Labute approximate surface area is 87.2 Å². The molecule has 2 rings (SSSR count). The minimum Gasteiger partial charge on any atom is -0.478 e. The molecule has 0 spiro atoms. The van der Waals surface area contributed by atoms with Gasteiger partial charge in [-0.15, -0.1) is 0 Å². The highest BCUT2D eigenvalue weighted by Crippen LogP contribution is 2.19. The molecule has 0 amide bonds. The highest BCUT2D eigenvalue weighted by Gasteiger charge is 2.14. The zero-order valence-corrected chi connectivity index (χ0v) is 8.90. The normalized spacial score (nSPS) is 10.9. The van der Waals surface area contributed by atoms with Gasteiger partial charge in [0.05, 0.1) is 23.1 Å². The summed E-state index contributed by atoms with van der Waals surface area (Å²) in [6.45, 7) is 5.52. The zero-order chi connectivity index (χ0) is 11.2. The van der Waals surface area contributed by atoms with Crippen LogP contribution in [0.5, 0.6) is 0 Å². The van der Waals surface area contributed by atoms with Crippen LogP contribution in [0.4, 0.5) is 0 Å². The molecule has 0 radical (unpaired) electrons. The lowest BCUT2D eigenvalue weighted by molar-refractivity contribution is 0.0694. The van der Waals surface area contributed by atoms with Gasteiger partial charge in [-0.1, -0.05) is 0 Å². The molecule has 0 saturated carbocycles. The molecule has 0 fully saturated rings. The van der Waals surface area contributed by atoms with Crippen LogP contribution in [-0.2, 0) is 0 Å².